The summed E-state index contributed by atoms with van der Waals surface area (Å²) in [6.07, 6.45) is 3.94. The van der Waals surface area contributed by atoms with E-state index in [1.807, 2.05) is 43.3 Å². The van der Waals surface area contributed by atoms with Crippen LogP contribution in [-0.2, 0) is 4.79 Å². The van der Waals surface area contributed by atoms with E-state index in [1.165, 1.54) is 0 Å². The molecule has 1 aliphatic heterocycles. The third-order valence-corrected chi connectivity index (χ3v) is 6.34. The Bertz CT molecular complexity index is 1400. The Labute approximate surface area is 208 Å². The normalized spacial score (nSPS) is 14.5. The van der Waals surface area contributed by atoms with Crippen molar-refractivity contribution in [2.45, 2.75) is 13.0 Å². The van der Waals surface area contributed by atoms with Crippen LogP contribution in [0.5, 0.6) is 5.75 Å². The van der Waals surface area contributed by atoms with Crippen molar-refractivity contribution in [1.29, 1.82) is 5.26 Å². The van der Waals surface area contributed by atoms with Crippen molar-refractivity contribution >= 4 is 17.2 Å². The summed E-state index contributed by atoms with van der Waals surface area (Å²) >= 11 is 0. The molecule has 1 atom stereocenters. The highest BCUT2D eigenvalue weighted by Crippen LogP contribution is 2.31. The second-order valence-corrected chi connectivity index (χ2v) is 8.52. The van der Waals surface area contributed by atoms with Gasteiger partial charge in [0.1, 0.15) is 17.6 Å². The third-order valence-electron chi connectivity index (χ3n) is 6.34. The van der Waals surface area contributed by atoms with Crippen LogP contribution >= 0.6 is 0 Å². The van der Waals surface area contributed by atoms with Gasteiger partial charge in [-0.25, -0.2) is 9.50 Å². The largest absolute Gasteiger partial charge is 0.492 e. The van der Waals surface area contributed by atoms with Gasteiger partial charge >= 0.3 is 0 Å². The van der Waals surface area contributed by atoms with Gasteiger partial charge in [-0.15, -0.1) is 0 Å². The van der Waals surface area contributed by atoms with E-state index in [4.69, 9.17) is 4.74 Å². The number of amides is 1. The molecule has 0 bridgehead atoms. The lowest BCUT2D eigenvalue weighted by Gasteiger charge is -2.36. The van der Waals surface area contributed by atoms with Crippen molar-refractivity contribution in [1.82, 2.24) is 19.5 Å². The second kappa shape index (κ2) is 10.1. The number of carbonyl (C=O) groups is 1. The van der Waals surface area contributed by atoms with E-state index in [0.29, 0.717) is 55.2 Å². The van der Waals surface area contributed by atoms with Crippen LogP contribution in [0.25, 0.3) is 16.6 Å². The zero-order valence-corrected chi connectivity index (χ0v) is 19.9. The number of aliphatic hydroxyl groups excluding tert-OH is 1. The molecular weight excluding hydrogens is 456 g/mol. The summed E-state index contributed by atoms with van der Waals surface area (Å²) in [5, 5.41) is 24.3. The smallest absolute Gasteiger partial charge is 0.256 e. The molecule has 1 fully saturated rings. The van der Waals surface area contributed by atoms with Crippen LogP contribution in [0.1, 0.15) is 24.2 Å². The molecule has 9 heteroatoms. The molecule has 0 aliphatic carbocycles. The summed E-state index contributed by atoms with van der Waals surface area (Å²) < 4.78 is 7.35. The first-order valence-electron chi connectivity index (χ1n) is 11.9. The number of aromatic nitrogens is 3. The number of benzene rings is 1. The van der Waals surface area contributed by atoms with E-state index in [-0.39, 0.29) is 5.91 Å². The predicted molar refractivity (Wildman–Crippen MR) is 135 cm³/mol. The molecule has 4 aromatic rings. The summed E-state index contributed by atoms with van der Waals surface area (Å²) in [4.78, 5) is 21.2. The van der Waals surface area contributed by atoms with E-state index >= 15 is 0 Å². The molecule has 36 heavy (non-hydrogen) atoms. The highest BCUT2D eigenvalue weighted by molar-refractivity contribution is 5.85. The number of pyridine rings is 2. The number of carbonyl (C=O) groups excluding carboxylic acids is 1. The molecule has 1 saturated heterocycles. The monoisotopic (exact) mass is 482 g/mol. The lowest BCUT2D eigenvalue weighted by Crippen LogP contribution is -2.50. The second-order valence-electron chi connectivity index (χ2n) is 8.52. The van der Waals surface area contributed by atoms with E-state index in [2.05, 4.69) is 21.1 Å². The topological polar surface area (TPSA) is 107 Å². The number of nitriles is 1. The van der Waals surface area contributed by atoms with Gasteiger partial charge in [0.15, 0.2) is 6.10 Å². The van der Waals surface area contributed by atoms with Crippen molar-refractivity contribution in [3.63, 3.8) is 0 Å². The maximum absolute atomic E-state index is 12.8. The summed E-state index contributed by atoms with van der Waals surface area (Å²) in [5.74, 6) is 1.19. The molecule has 1 amide bonds. The summed E-state index contributed by atoms with van der Waals surface area (Å²) in [6, 6.07) is 17.0. The number of hydrogen-bond donors (Lipinski definition) is 1. The first-order valence-corrected chi connectivity index (χ1v) is 11.9. The van der Waals surface area contributed by atoms with Crippen LogP contribution in [0.3, 0.4) is 0 Å². The van der Waals surface area contributed by atoms with E-state index in [0.717, 1.165) is 16.9 Å². The SMILES string of the molecule is CCOc1cc(-c2ccc(N3CCN(C(=O)C(O)c4ccccc4)CC3)nc2)c2c(C#N)cnn2c1. The van der Waals surface area contributed by atoms with Gasteiger partial charge in [-0.05, 0) is 30.7 Å². The molecule has 1 aliphatic rings. The van der Waals surface area contributed by atoms with Gasteiger partial charge in [-0.3, -0.25) is 4.79 Å². The van der Waals surface area contributed by atoms with E-state index in [9.17, 15) is 15.2 Å². The van der Waals surface area contributed by atoms with E-state index < -0.39 is 6.10 Å². The lowest BCUT2D eigenvalue weighted by molar-refractivity contribution is -0.140. The Morgan fingerprint density at radius 1 is 1.14 bits per heavy atom. The van der Waals surface area contributed by atoms with Crippen LogP contribution in [-0.4, -0.2) is 63.3 Å². The standard InChI is InChI=1S/C27H26N6O3/c1-2-36-22-14-23(25-21(15-28)17-30-33(25)18-22)20-8-9-24(29-16-20)31-10-12-32(13-11-31)27(35)26(34)19-6-4-3-5-7-19/h3-9,14,16-18,26,34H,2,10-13H2,1H3. The third kappa shape index (κ3) is 4.46. The average Bonchev–Trinajstić information content (AvgIpc) is 3.36. The first kappa shape index (κ1) is 23.3. The maximum Gasteiger partial charge on any atom is 0.256 e. The Morgan fingerprint density at radius 3 is 2.58 bits per heavy atom. The van der Waals surface area contributed by atoms with Crippen LogP contribution in [0.2, 0.25) is 0 Å². The number of rotatable bonds is 6. The lowest BCUT2D eigenvalue weighted by atomic mass is 10.1. The van der Waals surface area contributed by atoms with Gasteiger partial charge in [0.2, 0.25) is 0 Å². The molecule has 0 saturated carbocycles. The minimum absolute atomic E-state index is 0.281. The molecule has 3 aromatic heterocycles. The van der Waals surface area contributed by atoms with Crippen molar-refractivity contribution < 1.29 is 14.6 Å². The fraction of sp³-hybridized carbons (Fsp3) is 0.259. The van der Waals surface area contributed by atoms with Crippen molar-refractivity contribution in [2.75, 3.05) is 37.7 Å². The number of aliphatic hydroxyl groups is 1. The number of piperazine rings is 1. The van der Waals surface area contributed by atoms with Gasteiger partial charge in [0.25, 0.3) is 5.91 Å². The summed E-state index contributed by atoms with van der Waals surface area (Å²) in [7, 11) is 0. The number of hydrogen-bond acceptors (Lipinski definition) is 7. The molecule has 4 heterocycles. The molecule has 9 nitrogen and oxygen atoms in total. The molecule has 5 rings (SSSR count). The van der Waals surface area contributed by atoms with Gasteiger partial charge in [0.05, 0.1) is 30.1 Å². The number of nitrogens with zero attached hydrogens (tertiary/aromatic N) is 6. The quantitative estimate of drug-likeness (QED) is 0.450. The van der Waals surface area contributed by atoms with Gasteiger partial charge < -0.3 is 19.6 Å². The average molecular weight is 483 g/mol. The van der Waals surface area contributed by atoms with Gasteiger partial charge in [-0.1, -0.05) is 30.3 Å². The van der Waals surface area contributed by atoms with Gasteiger partial charge in [0, 0.05) is 43.5 Å². The molecular formula is C27H26N6O3. The number of anilines is 1. The first-order chi connectivity index (χ1) is 17.6. The summed E-state index contributed by atoms with van der Waals surface area (Å²) in [5.41, 5.74) is 3.46. The molecule has 1 N–H and O–H groups in total. The summed E-state index contributed by atoms with van der Waals surface area (Å²) in [6.45, 7) is 4.68. The van der Waals surface area contributed by atoms with Crippen LogP contribution in [0.15, 0.2) is 67.1 Å². The maximum atomic E-state index is 12.8. The fourth-order valence-electron chi connectivity index (χ4n) is 4.48. The molecule has 1 aromatic carbocycles. The zero-order valence-electron chi connectivity index (χ0n) is 19.9. The predicted octanol–water partition coefficient (Wildman–Crippen LogP) is 3.05. The zero-order chi connectivity index (χ0) is 25.1. The Balaban J connectivity index is 1.31. The Hall–Kier alpha value is -4.42. The number of fused-ring (bicyclic) bond motifs is 1. The van der Waals surface area contributed by atoms with Crippen LogP contribution in [0, 0.1) is 11.3 Å². The highest BCUT2D eigenvalue weighted by atomic mass is 16.5. The highest BCUT2D eigenvalue weighted by Gasteiger charge is 2.27. The minimum atomic E-state index is -1.15. The Morgan fingerprint density at radius 2 is 1.92 bits per heavy atom. The van der Waals surface area contributed by atoms with Gasteiger partial charge in [-0.2, -0.15) is 10.4 Å². The van der Waals surface area contributed by atoms with Crippen molar-refractivity contribution in [3.8, 4) is 22.9 Å². The molecule has 182 valence electrons. The molecule has 0 radical (unpaired) electrons. The van der Waals surface area contributed by atoms with E-state index in [1.54, 1.807) is 40.1 Å². The fourth-order valence-corrected chi connectivity index (χ4v) is 4.48. The van der Waals surface area contributed by atoms with Crippen molar-refractivity contribution in [2.24, 2.45) is 0 Å². The van der Waals surface area contributed by atoms with Crippen molar-refractivity contribution in [3.05, 3.63) is 78.2 Å². The Kier molecular flexibility index (Phi) is 6.52. The minimum Gasteiger partial charge on any atom is -0.492 e. The van der Waals surface area contributed by atoms with Crippen LogP contribution < -0.4 is 9.64 Å². The van der Waals surface area contributed by atoms with Crippen LogP contribution in [0.4, 0.5) is 5.82 Å². The molecule has 0 spiro atoms. The number of ether oxygens (including phenoxy) is 1. The molecule has 1 unspecified atom stereocenters.